The standard InChI is InChI=1S/C17H23N3O/c1-12-5-6-15-14(8-12)17(10-18-15)11-19-16(20-17)9-13-4-2-3-7-21-13/h5-6,8,10,13,16,19-20H,2-4,7,9,11H2,1H3/t13-,16?,17?/m1/s1. The summed E-state index contributed by atoms with van der Waals surface area (Å²) < 4.78 is 5.87. The van der Waals surface area contributed by atoms with Gasteiger partial charge in [0, 0.05) is 31.4 Å². The van der Waals surface area contributed by atoms with E-state index in [0.29, 0.717) is 12.3 Å². The first-order chi connectivity index (χ1) is 10.3. The van der Waals surface area contributed by atoms with Crippen molar-refractivity contribution in [1.29, 1.82) is 0 Å². The molecular weight excluding hydrogens is 262 g/mol. The zero-order valence-electron chi connectivity index (χ0n) is 12.6. The van der Waals surface area contributed by atoms with Gasteiger partial charge in [-0.3, -0.25) is 15.6 Å². The summed E-state index contributed by atoms with van der Waals surface area (Å²) in [6.45, 7) is 3.97. The molecule has 2 unspecified atom stereocenters. The molecule has 4 heteroatoms. The topological polar surface area (TPSA) is 45.7 Å². The molecule has 4 rings (SSSR count). The quantitative estimate of drug-likeness (QED) is 0.877. The molecule has 0 amide bonds. The van der Waals surface area contributed by atoms with Crippen molar-refractivity contribution in [3.63, 3.8) is 0 Å². The van der Waals surface area contributed by atoms with Crippen LogP contribution in [0.25, 0.3) is 0 Å². The Labute approximate surface area is 126 Å². The number of fused-ring (bicyclic) bond motifs is 2. The van der Waals surface area contributed by atoms with Crippen LogP contribution in [0.2, 0.25) is 0 Å². The van der Waals surface area contributed by atoms with Crippen LogP contribution in [0.15, 0.2) is 23.2 Å². The Balaban J connectivity index is 1.49. The minimum atomic E-state index is -0.124. The predicted molar refractivity (Wildman–Crippen MR) is 84.1 cm³/mol. The van der Waals surface area contributed by atoms with E-state index in [4.69, 9.17) is 4.74 Å². The summed E-state index contributed by atoms with van der Waals surface area (Å²) in [5.41, 5.74) is 3.58. The number of benzene rings is 1. The van der Waals surface area contributed by atoms with Crippen molar-refractivity contribution < 1.29 is 4.74 Å². The number of aliphatic imine (C=N–C) groups is 1. The molecule has 2 N–H and O–H groups in total. The van der Waals surface area contributed by atoms with Crippen LogP contribution in [0.1, 0.15) is 36.8 Å². The highest BCUT2D eigenvalue weighted by molar-refractivity contribution is 5.85. The second kappa shape index (κ2) is 5.20. The van der Waals surface area contributed by atoms with Crippen molar-refractivity contribution in [3.8, 4) is 0 Å². The average Bonchev–Trinajstić information content (AvgIpc) is 3.06. The first-order valence-electron chi connectivity index (χ1n) is 8.04. The molecule has 3 aliphatic heterocycles. The molecule has 112 valence electrons. The van der Waals surface area contributed by atoms with Crippen LogP contribution in [0.4, 0.5) is 5.69 Å². The number of nitrogens with one attached hydrogen (secondary N) is 2. The highest BCUT2D eigenvalue weighted by atomic mass is 16.5. The lowest BCUT2D eigenvalue weighted by Crippen LogP contribution is -2.44. The van der Waals surface area contributed by atoms with Gasteiger partial charge >= 0.3 is 0 Å². The third-order valence-electron chi connectivity index (χ3n) is 4.89. The van der Waals surface area contributed by atoms with E-state index in [-0.39, 0.29) is 5.54 Å². The molecule has 4 nitrogen and oxygen atoms in total. The van der Waals surface area contributed by atoms with Crippen LogP contribution < -0.4 is 10.6 Å². The zero-order valence-corrected chi connectivity index (χ0v) is 12.6. The lowest BCUT2D eigenvalue weighted by Gasteiger charge is -2.27. The number of rotatable bonds is 2. The van der Waals surface area contributed by atoms with E-state index in [9.17, 15) is 0 Å². The molecule has 3 aliphatic rings. The Bertz CT molecular complexity index is 565. The Morgan fingerprint density at radius 2 is 2.33 bits per heavy atom. The van der Waals surface area contributed by atoms with E-state index in [1.54, 1.807) is 0 Å². The number of aryl methyl sites for hydroxylation is 1. The maximum absolute atomic E-state index is 5.87. The fourth-order valence-electron chi connectivity index (χ4n) is 3.72. The van der Waals surface area contributed by atoms with E-state index in [2.05, 4.69) is 47.0 Å². The van der Waals surface area contributed by atoms with Gasteiger partial charge in [0.2, 0.25) is 0 Å². The lowest BCUT2D eigenvalue weighted by atomic mass is 9.92. The highest BCUT2D eigenvalue weighted by Crippen LogP contribution is 2.38. The Hall–Kier alpha value is -1.23. The molecule has 2 saturated heterocycles. The van der Waals surface area contributed by atoms with Gasteiger partial charge in [-0.05, 0) is 32.3 Å². The predicted octanol–water partition coefficient (Wildman–Crippen LogP) is 2.38. The minimum Gasteiger partial charge on any atom is -0.378 e. The summed E-state index contributed by atoms with van der Waals surface area (Å²) >= 11 is 0. The van der Waals surface area contributed by atoms with Crippen LogP contribution in [-0.2, 0) is 10.3 Å². The molecule has 0 bridgehead atoms. The number of ether oxygens (including phenoxy) is 1. The number of nitrogens with zero attached hydrogens (tertiary/aromatic N) is 1. The van der Waals surface area contributed by atoms with Gasteiger partial charge in [-0.15, -0.1) is 0 Å². The van der Waals surface area contributed by atoms with Crippen LogP contribution >= 0.6 is 0 Å². The van der Waals surface area contributed by atoms with Crippen molar-refractivity contribution in [2.45, 2.75) is 50.4 Å². The Morgan fingerprint density at radius 3 is 3.19 bits per heavy atom. The summed E-state index contributed by atoms with van der Waals surface area (Å²) in [6, 6.07) is 6.51. The zero-order chi connectivity index (χ0) is 14.3. The average molecular weight is 285 g/mol. The molecule has 0 saturated carbocycles. The third kappa shape index (κ3) is 2.41. The van der Waals surface area contributed by atoms with Crippen molar-refractivity contribution in [2.75, 3.05) is 13.2 Å². The van der Waals surface area contributed by atoms with Crippen molar-refractivity contribution in [3.05, 3.63) is 29.3 Å². The molecule has 2 fully saturated rings. The van der Waals surface area contributed by atoms with Crippen molar-refractivity contribution in [1.82, 2.24) is 10.6 Å². The van der Waals surface area contributed by atoms with Gasteiger partial charge in [0.25, 0.3) is 0 Å². The molecule has 21 heavy (non-hydrogen) atoms. The van der Waals surface area contributed by atoms with Crippen molar-refractivity contribution in [2.24, 2.45) is 4.99 Å². The summed E-state index contributed by atoms with van der Waals surface area (Å²) in [4.78, 5) is 4.60. The molecular formula is C17H23N3O. The van der Waals surface area contributed by atoms with Crippen LogP contribution in [0.5, 0.6) is 0 Å². The fraction of sp³-hybridized carbons (Fsp3) is 0.588. The summed E-state index contributed by atoms with van der Waals surface area (Å²) in [5, 5.41) is 7.37. The Kier molecular flexibility index (Phi) is 3.32. The second-order valence-corrected chi connectivity index (χ2v) is 6.55. The molecule has 1 aromatic carbocycles. The molecule has 0 aliphatic carbocycles. The first kappa shape index (κ1) is 13.4. The lowest BCUT2D eigenvalue weighted by molar-refractivity contribution is 0.00468. The van der Waals surface area contributed by atoms with E-state index < -0.39 is 0 Å². The van der Waals surface area contributed by atoms with Crippen LogP contribution in [0.3, 0.4) is 0 Å². The largest absolute Gasteiger partial charge is 0.378 e. The van der Waals surface area contributed by atoms with Gasteiger partial charge in [0.1, 0.15) is 0 Å². The van der Waals surface area contributed by atoms with Crippen molar-refractivity contribution >= 4 is 11.9 Å². The van der Waals surface area contributed by atoms with E-state index in [1.165, 1.54) is 30.4 Å². The van der Waals surface area contributed by atoms with Gasteiger partial charge in [-0.1, -0.05) is 17.7 Å². The molecule has 0 aromatic heterocycles. The Morgan fingerprint density at radius 1 is 1.38 bits per heavy atom. The normalized spacial score (nSPS) is 34.5. The molecule has 0 radical (unpaired) electrons. The van der Waals surface area contributed by atoms with Crippen LogP contribution in [0, 0.1) is 6.92 Å². The minimum absolute atomic E-state index is 0.124. The smallest absolute Gasteiger partial charge is 0.0953 e. The van der Waals surface area contributed by atoms with Gasteiger partial charge < -0.3 is 4.74 Å². The SMILES string of the molecule is Cc1ccc2c(c1)C1(C=N2)CNC(C[C@H]2CCCCO2)N1. The maximum Gasteiger partial charge on any atom is 0.0953 e. The summed E-state index contributed by atoms with van der Waals surface area (Å²) in [6.07, 6.45) is 7.52. The summed E-state index contributed by atoms with van der Waals surface area (Å²) in [5.74, 6) is 0. The number of hydrogen-bond acceptors (Lipinski definition) is 4. The molecule has 3 atom stereocenters. The third-order valence-corrected chi connectivity index (χ3v) is 4.89. The van der Waals surface area contributed by atoms with Crippen LogP contribution in [-0.4, -0.2) is 31.6 Å². The van der Waals surface area contributed by atoms with E-state index in [1.807, 2.05) is 0 Å². The monoisotopic (exact) mass is 285 g/mol. The molecule has 1 aromatic rings. The van der Waals surface area contributed by atoms with E-state index in [0.717, 1.165) is 25.3 Å². The summed E-state index contributed by atoms with van der Waals surface area (Å²) in [7, 11) is 0. The molecule has 3 heterocycles. The van der Waals surface area contributed by atoms with Gasteiger partial charge in [0.05, 0.1) is 23.5 Å². The van der Waals surface area contributed by atoms with E-state index >= 15 is 0 Å². The second-order valence-electron chi connectivity index (χ2n) is 6.55. The first-order valence-corrected chi connectivity index (χ1v) is 8.04. The molecule has 1 spiro atoms. The van der Waals surface area contributed by atoms with Gasteiger partial charge in [-0.2, -0.15) is 0 Å². The van der Waals surface area contributed by atoms with Gasteiger partial charge in [0.15, 0.2) is 0 Å². The highest BCUT2D eigenvalue weighted by Gasteiger charge is 2.43. The maximum atomic E-state index is 5.87. The number of hydrogen-bond donors (Lipinski definition) is 2. The van der Waals surface area contributed by atoms with Gasteiger partial charge in [-0.25, -0.2) is 0 Å². The fourth-order valence-corrected chi connectivity index (χ4v) is 3.72.